The third-order valence-corrected chi connectivity index (χ3v) is 5.58. The Morgan fingerprint density at radius 1 is 1.08 bits per heavy atom. The maximum Gasteiger partial charge on any atom is 0.309 e. The first-order valence-corrected chi connectivity index (χ1v) is 9.39. The van der Waals surface area contributed by atoms with E-state index in [9.17, 15) is 14.0 Å². The zero-order valence-corrected chi connectivity index (χ0v) is 15.1. The number of rotatable bonds is 5. The predicted octanol–water partition coefficient (Wildman–Crippen LogP) is 2.37. The molecule has 7 heteroatoms. The number of benzene rings is 1. The Hall–Kier alpha value is -2.25. The number of hydrogen-bond donors (Lipinski definition) is 2. The molecular weight excluding hydrogens is 355 g/mol. The van der Waals surface area contributed by atoms with Gasteiger partial charge in [0.2, 0.25) is 0 Å². The quantitative estimate of drug-likeness (QED) is 0.788. The van der Waals surface area contributed by atoms with Crippen molar-refractivity contribution in [3.63, 3.8) is 0 Å². The van der Waals surface area contributed by atoms with Crippen molar-refractivity contribution in [3.05, 3.63) is 58.0 Å². The van der Waals surface area contributed by atoms with Crippen molar-refractivity contribution in [1.29, 1.82) is 0 Å². The van der Waals surface area contributed by atoms with Crippen LogP contribution in [0.4, 0.5) is 4.39 Å². The van der Waals surface area contributed by atoms with Crippen LogP contribution in [-0.4, -0.2) is 31.6 Å². The van der Waals surface area contributed by atoms with Crippen LogP contribution in [-0.2, 0) is 26.3 Å². The Kier molecular flexibility index (Phi) is 6.00. The topological polar surface area (TPSA) is 67.4 Å². The molecule has 0 spiro atoms. The highest BCUT2D eigenvalue weighted by Gasteiger charge is 2.35. The van der Waals surface area contributed by atoms with E-state index in [1.54, 1.807) is 12.1 Å². The molecule has 26 heavy (non-hydrogen) atoms. The summed E-state index contributed by atoms with van der Waals surface area (Å²) in [4.78, 5) is 25.2. The van der Waals surface area contributed by atoms with Crippen LogP contribution >= 0.6 is 11.3 Å². The van der Waals surface area contributed by atoms with E-state index in [0.717, 1.165) is 10.4 Å². The molecule has 0 atom stereocenters. The van der Waals surface area contributed by atoms with Crippen molar-refractivity contribution in [3.8, 4) is 0 Å². The molecule has 0 aliphatic carbocycles. The van der Waals surface area contributed by atoms with Crippen molar-refractivity contribution >= 4 is 23.2 Å². The summed E-state index contributed by atoms with van der Waals surface area (Å²) < 4.78 is 18.7. The lowest BCUT2D eigenvalue weighted by Gasteiger charge is -2.37. The molecule has 2 amide bonds. The second-order valence-electron chi connectivity index (χ2n) is 6.34. The molecule has 2 aromatic rings. The van der Waals surface area contributed by atoms with Gasteiger partial charge in [0.25, 0.3) is 0 Å². The molecule has 2 heterocycles. The summed E-state index contributed by atoms with van der Waals surface area (Å²) in [6, 6.07) is 10.1. The van der Waals surface area contributed by atoms with E-state index in [-0.39, 0.29) is 11.2 Å². The molecule has 0 unspecified atom stereocenters. The summed E-state index contributed by atoms with van der Waals surface area (Å²) in [6.45, 7) is 1.78. The lowest BCUT2D eigenvalue weighted by molar-refractivity contribution is -0.139. The van der Waals surface area contributed by atoms with Gasteiger partial charge in [-0.15, -0.1) is 11.3 Å². The van der Waals surface area contributed by atoms with Crippen molar-refractivity contribution in [2.45, 2.75) is 24.8 Å². The molecular formula is C19H21FN2O3S. The van der Waals surface area contributed by atoms with E-state index >= 15 is 0 Å². The van der Waals surface area contributed by atoms with Gasteiger partial charge in [-0.2, -0.15) is 0 Å². The van der Waals surface area contributed by atoms with Gasteiger partial charge in [0.1, 0.15) is 5.82 Å². The van der Waals surface area contributed by atoms with Gasteiger partial charge in [-0.05, 0) is 42.0 Å². The van der Waals surface area contributed by atoms with Gasteiger partial charge in [-0.3, -0.25) is 9.59 Å². The van der Waals surface area contributed by atoms with E-state index in [2.05, 4.69) is 10.6 Å². The van der Waals surface area contributed by atoms with Crippen LogP contribution < -0.4 is 10.6 Å². The van der Waals surface area contributed by atoms with Gasteiger partial charge in [-0.25, -0.2) is 4.39 Å². The molecule has 0 bridgehead atoms. The first kappa shape index (κ1) is 18.5. The minimum Gasteiger partial charge on any atom is -0.381 e. The largest absolute Gasteiger partial charge is 0.381 e. The van der Waals surface area contributed by atoms with Gasteiger partial charge < -0.3 is 15.4 Å². The number of halogens is 1. The highest BCUT2D eigenvalue weighted by atomic mass is 32.1. The molecule has 3 rings (SSSR count). The Morgan fingerprint density at radius 2 is 1.77 bits per heavy atom. The molecule has 0 radical (unpaired) electrons. The monoisotopic (exact) mass is 376 g/mol. The first-order chi connectivity index (χ1) is 12.6. The molecule has 5 nitrogen and oxygen atoms in total. The van der Waals surface area contributed by atoms with Gasteiger partial charge in [0, 0.05) is 30.1 Å². The van der Waals surface area contributed by atoms with E-state index in [4.69, 9.17) is 4.74 Å². The normalized spacial score (nSPS) is 16.0. The van der Waals surface area contributed by atoms with E-state index in [1.165, 1.54) is 23.5 Å². The zero-order valence-electron chi connectivity index (χ0n) is 14.3. The summed E-state index contributed by atoms with van der Waals surface area (Å²) in [6.07, 6.45) is 1.41. The van der Waals surface area contributed by atoms with Crippen LogP contribution in [0.3, 0.4) is 0 Å². The average molecular weight is 376 g/mol. The van der Waals surface area contributed by atoms with Crippen molar-refractivity contribution in [1.82, 2.24) is 10.6 Å². The van der Waals surface area contributed by atoms with Crippen molar-refractivity contribution < 1.29 is 18.7 Å². The standard InChI is InChI=1S/C19H21FN2O3S/c20-15-5-3-14(4-6-15)19(7-9-25-10-8-19)13-22-18(24)17(23)21-12-16-2-1-11-26-16/h1-6,11H,7-10,12-13H2,(H,21,23)(H,22,24). The Balaban J connectivity index is 1.61. The number of nitrogens with one attached hydrogen (secondary N) is 2. The number of carbonyl (C=O) groups is 2. The molecule has 1 aromatic heterocycles. The van der Waals surface area contributed by atoms with Crippen LogP contribution in [0.15, 0.2) is 41.8 Å². The second-order valence-corrected chi connectivity index (χ2v) is 7.38. The fraction of sp³-hybridized carbons (Fsp3) is 0.368. The number of amides is 2. The molecule has 2 N–H and O–H groups in total. The highest BCUT2D eigenvalue weighted by molar-refractivity contribution is 7.09. The fourth-order valence-electron chi connectivity index (χ4n) is 3.12. The van der Waals surface area contributed by atoms with Gasteiger partial charge in [-0.1, -0.05) is 18.2 Å². The Morgan fingerprint density at radius 3 is 2.42 bits per heavy atom. The SMILES string of the molecule is O=C(NCc1cccs1)C(=O)NCC1(c2ccc(F)cc2)CCOCC1. The third kappa shape index (κ3) is 4.47. The molecule has 1 fully saturated rings. The molecule has 1 aliphatic heterocycles. The number of ether oxygens (including phenoxy) is 1. The van der Waals surface area contributed by atoms with E-state index in [0.29, 0.717) is 39.1 Å². The van der Waals surface area contributed by atoms with Gasteiger partial charge >= 0.3 is 11.8 Å². The lowest BCUT2D eigenvalue weighted by Crippen LogP contribution is -2.48. The van der Waals surface area contributed by atoms with Crippen LogP contribution in [0.5, 0.6) is 0 Å². The highest BCUT2D eigenvalue weighted by Crippen LogP contribution is 2.34. The summed E-state index contributed by atoms with van der Waals surface area (Å²) in [5, 5.41) is 7.27. The van der Waals surface area contributed by atoms with Crippen LogP contribution in [0.2, 0.25) is 0 Å². The smallest absolute Gasteiger partial charge is 0.309 e. The van der Waals surface area contributed by atoms with E-state index in [1.807, 2.05) is 17.5 Å². The summed E-state index contributed by atoms with van der Waals surface area (Å²) in [7, 11) is 0. The maximum atomic E-state index is 13.3. The maximum absolute atomic E-state index is 13.3. The summed E-state index contributed by atoms with van der Waals surface area (Å²) in [5.41, 5.74) is 0.594. The van der Waals surface area contributed by atoms with Crippen LogP contribution in [0, 0.1) is 5.82 Å². The second kappa shape index (κ2) is 8.42. The number of hydrogen-bond acceptors (Lipinski definition) is 4. The fourth-order valence-corrected chi connectivity index (χ4v) is 3.77. The van der Waals surface area contributed by atoms with Crippen LogP contribution in [0.25, 0.3) is 0 Å². The van der Waals surface area contributed by atoms with E-state index < -0.39 is 11.8 Å². The Labute approximate surface area is 155 Å². The molecule has 1 saturated heterocycles. The summed E-state index contributed by atoms with van der Waals surface area (Å²) >= 11 is 1.52. The Bertz CT molecular complexity index is 741. The molecule has 1 aliphatic rings. The number of thiophene rings is 1. The third-order valence-electron chi connectivity index (χ3n) is 4.70. The van der Waals surface area contributed by atoms with Crippen molar-refractivity contribution in [2.75, 3.05) is 19.8 Å². The number of carbonyl (C=O) groups excluding carboxylic acids is 2. The lowest BCUT2D eigenvalue weighted by atomic mass is 9.74. The minimum atomic E-state index is -0.658. The molecule has 0 saturated carbocycles. The predicted molar refractivity (Wildman–Crippen MR) is 97.3 cm³/mol. The van der Waals surface area contributed by atoms with Gasteiger partial charge in [0.15, 0.2) is 0 Å². The molecule has 1 aromatic carbocycles. The first-order valence-electron chi connectivity index (χ1n) is 8.51. The van der Waals surface area contributed by atoms with Crippen LogP contribution in [0.1, 0.15) is 23.3 Å². The zero-order chi connectivity index (χ0) is 18.4. The average Bonchev–Trinajstić information content (AvgIpc) is 3.19. The summed E-state index contributed by atoms with van der Waals surface area (Å²) in [5.74, 6) is -1.61. The minimum absolute atomic E-state index is 0.298. The molecule has 138 valence electrons. The van der Waals surface area contributed by atoms with Gasteiger partial charge in [0.05, 0.1) is 6.54 Å². The van der Waals surface area contributed by atoms with Crippen molar-refractivity contribution in [2.24, 2.45) is 0 Å².